The first-order chi connectivity index (χ1) is 6.77. The molecule has 0 radical (unpaired) electrons. The molecule has 2 rings (SSSR count). The average molecular weight is 205 g/mol. The van der Waals surface area contributed by atoms with Crippen molar-refractivity contribution in [2.24, 2.45) is 0 Å². The van der Waals surface area contributed by atoms with Gasteiger partial charge in [0, 0.05) is 5.92 Å². The van der Waals surface area contributed by atoms with Crippen LogP contribution in [0.1, 0.15) is 23.4 Å². The first-order valence-corrected chi connectivity index (χ1v) is 5.18. The van der Waals surface area contributed by atoms with Crippen molar-refractivity contribution in [2.45, 2.75) is 12.8 Å². The van der Waals surface area contributed by atoms with Gasteiger partial charge in [-0.3, -0.25) is 0 Å². The van der Waals surface area contributed by atoms with E-state index in [1.807, 2.05) is 18.2 Å². The predicted octanol–water partition coefficient (Wildman–Crippen LogP) is 2.27. The number of benzene rings is 1. The molecule has 1 unspecified atom stereocenters. The van der Waals surface area contributed by atoms with Crippen LogP contribution in [0.3, 0.4) is 0 Å². The molecule has 0 amide bonds. The normalized spacial score (nSPS) is 12.6. The lowest BCUT2D eigenvalue weighted by Crippen LogP contribution is -1.95. The molecule has 0 saturated heterocycles. The zero-order chi connectivity index (χ0) is 9.97. The summed E-state index contributed by atoms with van der Waals surface area (Å²) in [6.45, 7) is 2.11. The first kappa shape index (κ1) is 9.15. The summed E-state index contributed by atoms with van der Waals surface area (Å²) in [5.41, 5.74) is 6.72. The molecule has 1 atom stereocenters. The number of hydrogen-bond donors (Lipinski definition) is 1. The molecule has 4 heteroatoms. The van der Waals surface area contributed by atoms with Crippen LogP contribution in [-0.2, 0) is 0 Å². The molecule has 2 N–H and O–H groups in total. The molecule has 0 saturated carbocycles. The van der Waals surface area contributed by atoms with Crippen LogP contribution in [0.15, 0.2) is 30.3 Å². The van der Waals surface area contributed by atoms with Gasteiger partial charge >= 0.3 is 0 Å². The van der Waals surface area contributed by atoms with Crippen LogP contribution in [-0.4, -0.2) is 9.36 Å². The number of nitrogens with two attached hydrogens (primary N) is 1. The average Bonchev–Trinajstić information content (AvgIpc) is 2.65. The summed E-state index contributed by atoms with van der Waals surface area (Å²) in [6.07, 6.45) is 0. The molecule has 0 fully saturated rings. The molecular weight excluding hydrogens is 194 g/mol. The molecular formula is C10H11N3S. The van der Waals surface area contributed by atoms with E-state index in [0.717, 1.165) is 5.01 Å². The topological polar surface area (TPSA) is 51.8 Å². The second-order valence-corrected chi connectivity index (χ2v) is 3.91. The Hall–Kier alpha value is -1.42. The number of hydrogen-bond acceptors (Lipinski definition) is 4. The van der Waals surface area contributed by atoms with E-state index in [4.69, 9.17) is 5.73 Å². The van der Waals surface area contributed by atoms with Crippen molar-refractivity contribution in [1.82, 2.24) is 9.36 Å². The summed E-state index contributed by atoms with van der Waals surface area (Å²) in [5.74, 6) is 0.638. The monoisotopic (exact) mass is 205 g/mol. The van der Waals surface area contributed by atoms with Gasteiger partial charge in [0.25, 0.3) is 0 Å². The van der Waals surface area contributed by atoms with Crippen LogP contribution < -0.4 is 5.73 Å². The smallest absolute Gasteiger partial charge is 0.232 e. The highest BCUT2D eigenvalue weighted by Crippen LogP contribution is 2.25. The molecule has 0 aliphatic rings. The quantitative estimate of drug-likeness (QED) is 0.818. The van der Waals surface area contributed by atoms with Crippen LogP contribution in [0.4, 0.5) is 5.95 Å². The summed E-state index contributed by atoms with van der Waals surface area (Å²) in [6, 6.07) is 10.2. The van der Waals surface area contributed by atoms with Crippen molar-refractivity contribution in [2.75, 3.05) is 5.73 Å². The molecule has 2 aromatic rings. The standard InChI is InChI=1S/C10H11N3S/c1-7(8-5-3-2-4-6-8)9-12-10(11)13-14-9/h2-7H,1H3,(H2,11,13). The lowest BCUT2D eigenvalue weighted by Gasteiger charge is -2.06. The highest BCUT2D eigenvalue weighted by atomic mass is 32.1. The first-order valence-electron chi connectivity index (χ1n) is 4.41. The van der Waals surface area contributed by atoms with Gasteiger partial charge in [0.15, 0.2) is 0 Å². The minimum Gasteiger partial charge on any atom is -0.367 e. The van der Waals surface area contributed by atoms with Crippen molar-refractivity contribution >= 4 is 17.5 Å². The van der Waals surface area contributed by atoms with Gasteiger partial charge in [-0.2, -0.15) is 4.37 Å². The maximum Gasteiger partial charge on any atom is 0.232 e. The Kier molecular flexibility index (Phi) is 2.45. The van der Waals surface area contributed by atoms with Crippen LogP contribution in [0.2, 0.25) is 0 Å². The Bertz CT molecular complexity index is 410. The summed E-state index contributed by atoms with van der Waals surface area (Å²) in [7, 11) is 0. The van der Waals surface area contributed by atoms with E-state index in [2.05, 4.69) is 28.4 Å². The van der Waals surface area contributed by atoms with Gasteiger partial charge in [0.1, 0.15) is 5.01 Å². The Labute approximate surface area is 86.8 Å². The highest BCUT2D eigenvalue weighted by molar-refractivity contribution is 7.05. The largest absolute Gasteiger partial charge is 0.367 e. The molecule has 14 heavy (non-hydrogen) atoms. The van der Waals surface area contributed by atoms with Crippen LogP contribution in [0, 0.1) is 0 Å². The molecule has 0 spiro atoms. The van der Waals surface area contributed by atoms with Gasteiger partial charge < -0.3 is 5.73 Å². The van der Waals surface area contributed by atoms with E-state index in [9.17, 15) is 0 Å². The second kappa shape index (κ2) is 3.75. The zero-order valence-electron chi connectivity index (χ0n) is 7.84. The fourth-order valence-electron chi connectivity index (χ4n) is 1.31. The molecule has 1 heterocycles. The fraction of sp³-hybridized carbons (Fsp3) is 0.200. The Morgan fingerprint density at radius 1 is 1.29 bits per heavy atom. The molecule has 0 aliphatic carbocycles. The minimum atomic E-state index is 0.269. The van der Waals surface area contributed by atoms with Gasteiger partial charge in [-0.25, -0.2) is 4.98 Å². The number of nitrogen functional groups attached to an aromatic ring is 1. The third-order valence-electron chi connectivity index (χ3n) is 2.13. The van der Waals surface area contributed by atoms with E-state index in [-0.39, 0.29) is 5.92 Å². The predicted molar refractivity (Wildman–Crippen MR) is 58.3 cm³/mol. The molecule has 1 aromatic heterocycles. The van der Waals surface area contributed by atoms with E-state index in [1.165, 1.54) is 17.1 Å². The number of anilines is 1. The summed E-state index contributed by atoms with van der Waals surface area (Å²) < 4.78 is 3.97. The molecule has 0 bridgehead atoms. The van der Waals surface area contributed by atoms with Gasteiger partial charge in [-0.05, 0) is 17.1 Å². The minimum absolute atomic E-state index is 0.269. The van der Waals surface area contributed by atoms with E-state index in [0.29, 0.717) is 5.95 Å². The zero-order valence-corrected chi connectivity index (χ0v) is 8.66. The fourth-order valence-corrected chi connectivity index (χ4v) is 1.96. The maximum absolute atomic E-state index is 5.48. The third kappa shape index (κ3) is 1.75. The van der Waals surface area contributed by atoms with Crippen molar-refractivity contribution in [3.63, 3.8) is 0 Å². The Morgan fingerprint density at radius 2 is 2.00 bits per heavy atom. The summed E-state index contributed by atoms with van der Waals surface area (Å²) >= 11 is 1.37. The number of aromatic nitrogens is 2. The lowest BCUT2D eigenvalue weighted by atomic mass is 10.0. The molecule has 72 valence electrons. The van der Waals surface area contributed by atoms with Gasteiger partial charge in [0.2, 0.25) is 5.95 Å². The van der Waals surface area contributed by atoms with Gasteiger partial charge in [0.05, 0.1) is 0 Å². The lowest BCUT2D eigenvalue weighted by molar-refractivity contribution is 0.906. The van der Waals surface area contributed by atoms with E-state index in [1.54, 1.807) is 0 Å². The number of rotatable bonds is 2. The maximum atomic E-state index is 5.48. The third-order valence-corrected chi connectivity index (χ3v) is 3.04. The summed E-state index contributed by atoms with van der Waals surface area (Å²) in [5, 5.41) is 0.966. The van der Waals surface area contributed by atoms with Gasteiger partial charge in [-0.15, -0.1) is 0 Å². The highest BCUT2D eigenvalue weighted by Gasteiger charge is 2.12. The van der Waals surface area contributed by atoms with Crippen molar-refractivity contribution < 1.29 is 0 Å². The van der Waals surface area contributed by atoms with Crippen LogP contribution >= 0.6 is 11.5 Å². The van der Waals surface area contributed by atoms with Crippen LogP contribution in [0.5, 0.6) is 0 Å². The van der Waals surface area contributed by atoms with E-state index >= 15 is 0 Å². The molecule has 0 aliphatic heterocycles. The van der Waals surface area contributed by atoms with E-state index < -0.39 is 0 Å². The Morgan fingerprint density at radius 3 is 2.57 bits per heavy atom. The van der Waals surface area contributed by atoms with Crippen molar-refractivity contribution in [1.29, 1.82) is 0 Å². The molecule has 1 aromatic carbocycles. The van der Waals surface area contributed by atoms with Crippen LogP contribution in [0.25, 0.3) is 0 Å². The van der Waals surface area contributed by atoms with Crippen molar-refractivity contribution in [3.8, 4) is 0 Å². The number of nitrogens with zero attached hydrogens (tertiary/aromatic N) is 2. The van der Waals surface area contributed by atoms with Gasteiger partial charge in [-0.1, -0.05) is 37.3 Å². The summed E-state index contributed by atoms with van der Waals surface area (Å²) in [4.78, 5) is 4.17. The molecule has 3 nitrogen and oxygen atoms in total. The van der Waals surface area contributed by atoms with Crippen molar-refractivity contribution in [3.05, 3.63) is 40.9 Å². The SMILES string of the molecule is CC(c1ccccc1)c1nc(N)ns1. The second-order valence-electron chi connectivity index (χ2n) is 3.12. The Balaban J connectivity index is 2.29.